The average molecular weight is 596 g/mol. The molecule has 0 bridgehead atoms. The predicted octanol–water partition coefficient (Wildman–Crippen LogP) is 4.42. The van der Waals surface area contributed by atoms with Crippen molar-refractivity contribution in [3.05, 3.63) is 23.8 Å². The van der Waals surface area contributed by atoms with Crippen LogP contribution in [-0.2, 0) is 23.9 Å². The van der Waals surface area contributed by atoms with Crippen molar-refractivity contribution in [2.45, 2.75) is 129 Å². The second kappa shape index (κ2) is 21.6. The number of aliphatic hydroxyl groups excluding tert-OH is 3. The molecule has 9 nitrogen and oxygen atoms in total. The van der Waals surface area contributed by atoms with E-state index in [1.54, 1.807) is 14.0 Å². The first-order chi connectivity index (χ1) is 20.0. The second-order valence-electron chi connectivity index (χ2n) is 12.1. The number of aliphatic hydroxyl groups is 3. The highest BCUT2D eigenvalue weighted by Gasteiger charge is 2.25. The van der Waals surface area contributed by atoms with Crippen LogP contribution in [0.4, 0.5) is 0 Å². The molecule has 1 aliphatic heterocycles. The molecule has 0 saturated carbocycles. The zero-order chi connectivity index (χ0) is 31.5. The van der Waals surface area contributed by atoms with Crippen molar-refractivity contribution in [3.63, 3.8) is 0 Å². The molecule has 1 rings (SSSR count). The molecule has 1 heterocycles. The Hall–Kier alpha value is -2.07. The van der Waals surface area contributed by atoms with Crippen molar-refractivity contribution in [1.29, 1.82) is 0 Å². The zero-order valence-corrected chi connectivity index (χ0v) is 26.6. The lowest BCUT2D eigenvalue weighted by Crippen LogP contribution is -2.42. The van der Waals surface area contributed by atoms with Gasteiger partial charge in [0.1, 0.15) is 5.78 Å². The normalized spacial score (nSPS) is 33.8. The molecular weight excluding hydrogens is 538 g/mol. The fourth-order valence-electron chi connectivity index (χ4n) is 5.24. The number of amides is 1. The van der Waals surface area contributed by atoms with E-state index in [2.05, 4.69) is 25.2 Å². The number of carbonyl (C=O) groups is 3. The van der Waals surface area contributed by atoms with Gasteiger partial charge < -0.3 is 30.1 Å². The monoisotopic (exact) mass is 595 g/mol. The summed E-state index contributed by atoms with van der Waals surface area (Å²) in [6, 6.07) is 0. The number of cyclic esters (lactones) is 1. The number of nitrogens with one attached hydrogen (secondary N) is 1. The highest BCUT2D eigenvalue weighted by molar-refractivity contribution is 5.83. The quantitative estimate of drug-likeness (QED) is 0.351. The molecule has 4 N–H and O–H groups in total. The lowest BCUT2D eigenvalue weighted by molar-refractivity contribution is -0.158. The summed E-state index contributed by atoms with van der Waals surface area (Å²) < 4.78 is 10.7. The van der Waals surface area contributed by atoms with Crippen LogP contribution in [0.5, 0.6) is 0 Å². The molecule has 0 fully saturated rings. The Bertz CT molecular complexity index is 857. The van der Waals surface area contributed by atoms with E-state index in [0.717, 1.165) is 44.1 Å². The Morgan fingerprint density at radius 1 is 0.929 bits per heavy atom. The molecule has 0 unspecified atom stereocenters. The van der Waals surface area contributed by atoms with Gasteiger partial charge in [-0.15, -0.1) is 0 Å². The van der Waals surface area contributed by atoms with Crippen LogP contribution in [0.25, 0.3) is 0 Å². The lowest BCUT2D eigenvalue weighted by atomic mass is 9.92. The highest BCUT2D eigenvalue weighted by atomic mass is 16.5. The number of methoxy groups -OCH3 is 1. The minimum absolute atomic E-state index is 0.117. The van der Waals surface area contributed by atoms with Gasteiger partial charge in [0.25, 0.3) is 5.91 Å². The van der Waals surface area contributed by atoms with Gasteiger partial charge in [-0.25, -0.2) is 0 Å². The van der Waals surface area contributed by atoms with Gasteiger partial charge in [0.05, 0.1) is 30.8 Å². The van der Waals surface area contributed by atoms with Gasteiger partial charge in [-0.1, -0.05) is 51.8 Å². The Labute approximate surface area is 253 Å². The second-order valence-corrected chi connectivity index (χ2v) is 12.1. The van der Waals surface area contributed by atoms with Crippen LogP contribution >= 0.6 is 0 Å². The maximum Gasteiger partial charge on any atom is 0.309 e. The topological polar surface area (TPSA) is 142 Å². The number of ether oxygens (including phenoxy) is 2. The van der Waals surface area contributed by atoms with Gasteiger partial charge in [0.2, 0.25) is 0 Å². The summed E-state index contributed by atoms with van der Waals surface area (Å²) in [4.78, 5) is 37.4. The number of carbonyl (C=O) groups excluding carboxylic acids is 3. The minimum atomic E-state index is -1.17. The Morgan fingerprint density at radius 3 is 2.33 bits per heavy atom. The third-order valence-electron chi connectivity index (χ3n) is 8.05. The smallest absolute Gasteiger partial charge is 0.309 e. The number of hydrogen-bond donors (Lipinski definition) is 4. The van der Waals surface area contributed by atoms with E-state index >= 15 is 0 Å². The summed E-state index contributed by atoms with van der Waals surface area (Å²) in [7, 11) is 1.61. The summed E-state index contributed by atoms with van der Waals surface area (Å²) in [5.41, 5.74) is 0.971. The largest absolute Gasteiger partial charge is 0.452 e. The van der Waals surface area contributed by atoms with Crippen LogP contribution in [0.2, 0.25) is 0 Å². The molecule has 0 aromatic rings. The van der Waals surface area contributed by atoms with Gasteiger partial charge in [-0.3, -0.25) is 14.4 Å². The molecule has 242 valence electrons. The van der Waals surface area contributed by atoms with Gasteiger partial charge in [-0.05, 0) is 69.3 Å². The molecule has 0 aromatic carbocycles. The third-order valence-corrected chi connectivity index (χ3v) is 8.05. The number of hydrogen-bond acceptors (Lipinski definition) is 8. The van der Waals surface area contributed by atoms with Gasteiger partial charge in [0.15, 0.2) is 6.10 Å². The Balaban J connectivity index is 2.88. The van der Waals surface area contributed by atoms with Gasteiger partial charge >= 0.3 is 5.97 Å². The maximum atomic E-state index is 12.5. The molecule has 0 saturated heterocycles. The maximum absolute atomic E-state index is 12.5. The summed E-state index contributed by atoms with van der Waals surface area (Å²) in [5, 5.41) is 33.8. The van der Waals surface area contributed by atoms with Crippen molar-refractivity contribution >= 4 is 17.7 Å². The summed E-state index contributed by atoms with van der Waals surface area (Å²) >= 11 is 0. The SMILES string of the molecule is CC[C@H]1/C=C/C=C(\COC)CC[C@@H](O)[C@@H](O)C[C@H](O)CNC(=O)[C@H](C)OC(=O)[C@@H](C)C[C@H](C)CCCCC(=O)CCC1. The first kappa shape index (κ1) is 38.0. The van der Waals surface area contributed by atoms with E-state index in [1.807, 2.05) is 12.2 Å². The number of Topliss-reactive ketones (excluding diaryl/α,β-unsaturated/α-hetero) is 1. The van der Waals surface area contributed by atoms with E-state index in [-0.39, 0.29) is 31.2 Å². The summed E-state index contributed by atoms with van der Waals surface area (Å²) in [5.74, 6) is -0.403. The predicted molar refractivity (Wildman–Crippen MR) is 164 cm³/mol. The molecule has 0 spiro atoms. The van der Waals surface area contributed by atoms with Gasteiger partial charge in [-0.2, -0.15) is 0 Å². The van der Waals surface area contributed by atoms with Crippen LogP contribution in [0.1, 0.15) is 105 Å². The number of allylic oxidation sites excluding steroid dienone is 3. The molecule has 1 aliphatic rings. The van der Waals surface area contributed by atoms with E-state index in [9.17, 15) is 29.7 Å². The molecule has 0 aliphatic carbocycles. The summed E-state index contributed by atoms with van der Waals surface area (Å²) in [6.07, 6.45) is 9.78. The fraction of sp³-hybridized carbons (Fsp3) is 0.788. The minimum Gasteiger partial charge on any atom is -0.452 e. The number of β-amino-alcohol motifs (C(OH)–C–C–N with tert-alkyl or cyclic N) is 1. The molecule has 7 atom stereocenters. The molecule has 1 amide bonds. The third kappa shape index (κ3) is 16.5. The fourth-order valence-corrected chi connectivity index (χ4v) is 5.24. The molecule has 42 heavy (non-hydrogen) atoms. The Kier molecular flexibility index (Phi) is 19.5. The molecule has 0 radical (unpaired) electrons. The number of rotatable bonds is 3. The molecule has 9 heteroatoms. The van der Waals surface area contributed by atoms with Gasteiger partial charge in [0, 0.05) is 32.9 Å². The van der Waals surface area contributed by atoms with Crippen LogP contribution in [0, 0.1) is 17.8 Å². The van der Waals surface area contributed by atoms with E-state index in [4.69, 9.17) is 9.47 Å². The molecule has 0 aromatic heterocycles. The van der Waals surface area contributed by atoms with E-state index in [1.165, 1.54) is 6.92 Å². The van der Waals surface area contributed by atoms with Crippen molar-refractivity contribution < 1.29 is 39.2 Å². The average Bonchev–Trinajstić information content (AvgIpc) is 2.94. The first-order valence-corrected chi connectivity index (χ1v) is 15.9. The van der Waals surface area contributed by atoms with Crippen LogP contribution in [0.15, 0.2) is 23.8 Å². The highest BCUT2D eigenvalue weighted by Crippen LogP contribution is 2.21. The number of ketones is 1. The number of esters is 1. The van der Waals surface area contributed by atoms with Crippen LogP contribution in [-0.4, -0.2) is 77.7 Å². The van der Waals surface area contributed by atoms with Crippen LogP contribution in [0.3, 0.4) is 0 Å². The van der Waals surface area contributed by atoms with Crippen molar-refractivity contribution in [3.8, 4) is 0 Å². The van der Waals surface area contributed by atoms with E-state index in [0.29, 0.717) is 44.0 Å². The van der Waals surface area contributed by atoms with Crippen molar-refractivity contribution in [1.82, 2.24) is 5.32 Å². The summed E-state index contributed by atoms with van der Waals surface area (Å²) in [6.45, 7) is 7.74. The van der Waals surface area contributed by atoms with Crippen molar-refractivity contribution in [2.75, 3.05) is 20.3 Å². The molecular formula is C33H57NO8. The lowest BCUT2D eigenvalue weighted by Gasteiger charge is -2.22. The zero-order valence-electron chi connectivity index (χ0n) is 26.6. The van der Waals surface area contributed by atoms with Crippen LogP contribution < -0.4 is 5.32 Å². The first-order valence-electron chi connectivity index (χ1n) is 15.9. The van der Waals surface area contributed by atoms with Crippen molar-refractivity contribution in [2.24, 2.45) is 17.8 Å². The van der Waals surface area contributed by atoms with E-state index < -0.39 is 36.3 Å². The Morgan fingerprint density at radius 2 is 1.64 bits per heavy atom. The standard InChI is InChI=1S/C33H57NO8/c1-6-26-12-9-14-27(22-41-5)17-18-30(37)31(38)20-29(36)21-34-32(39)25(4)42-33(40)24(3)19-23(2)11-7-8-15-28(35)16-10-13-26/h9,12,14,23-26,29-31,36-38H,6-8,10-11,13,15-22H2,1-5H3,(H,34,39)/b12-9+,27-14-/t23-,24+,25+,26+,29+,30-,31+/m1/s1.